The molecule has 0 aliphatic carbocycles. The summed E-state index contributed by atoms with van der Waals surface area (Å²) in [5.74, 6) is -2.32. The van der Waals surface area contributed by atoms with E-state index in [1.54, 1.807) is 37.3 Å². The summed E-state index contributed by atoms with van der Waals surface area (Å²) in [5, 5.41) is 12.6. The highest BCUT2D eigenvalue weighted by Gasteiger charge is 2.36. The van der Waals surface area contributed by atoms with E-state index < -0.39 is 46.0 Å². The van der Waals surface area contributed by atoms with E-state index in [1.165, 1.54) is 24.3 Å². The molecule has 0 radical (unpaired) electrons. The molecule has 1 aliphatic heterocycles. The average Bonchev–Trinajstić information content (AvgIpc) is 3.45. The fraction of sp³-hybridized carbons (Fsp3) is 0.129. The number of nitrogens with zero attached hydrogens (tertiary/aromatic N) is 4. The third kappa shape index (κ3) is 6.43. The van der Waals surface area contributed by atoms with Crippen molar-refractivity contribution < 1.29 is 27.1 Å². The molecule has 3 N–H and O–H groups in total. The Morgan fingerprint density at radius 2 is 1.87 bits per heavy atom. The quantitative estimate of drug-likeness (QED) is 0.191. The van der Waals surface area contributed by atoms with Crippen LogP contribution in [0.4, 0.5) is 23.2 Å². The lowest BCUT2D eigenvalue weighted by Crippen LogP contribution is -2.42. The van der Waals surface area contributed by atoms with Gasteiger partial charge in [0.2, 0.25) is 0 Å². The summed E-state index contributed by atoms with van der Waals surface area (Å²) in [6, 6.07) is 7.24. The molecule has 236 valence electrons. The summed E-state index contributed by atoms with van der Waals surface area (Å²) in [6.07, 6.45) is 4.60. The maximum atomic E-state index is 14.3. The zero-order valence-electron chi connectivity index (χ0n) is 24.2. The molecule has 0 unspecified atom stereocenters. The number of aromatic nitrogens is 4. The van der Waals surface area contributed by atoms with E-state index in [4.69, 9.17) is 10.1 Å². The Labute approximate surface area is 257 Å². The first kappa shape index (κ1) is 31.4. The van der Waals surface area contributed by atoms with Gasteiger partial charge in [-0.3, -0.25) is 14.2 Å². The molecule has 1 amide bonds. The second-order valence-corrected chi connectivity index (χ2v) is 9.92. The van der Waals surface area contributed by atoms with Crippen LogP contribution in [0.25, 0.3) is 11.3 Å². The molecule has 0 bridgehead atoms. The number of amides is 1. The number of hydrogen-bond acceptors (Lipinski definition) is 7. The van der Waals surface area contributed by atoms with Gasteiger partial charge in [0.15, 0.2) is 5.76 Å². The van der Waals surface area contributed by atoms with Crippen molar-refractivity contribution in [2.45, 2.75) is 19.6 Å². The third-order valence-electron chi connectivity index (χ3n) is 6.77. The highest BCUT2D eigenvalue weighted by Crippen LogP contribution is 2.39. The van der Waals surface area contributed by atoms with Gasteiger partial charge in [-0.2, -0.15) is 13.2 Å². The maximum absolute atomic E-state index is 14.3. The lowest BCUT2D eigenvalue weighted by molar-refractivity contribution is -0.138. The number of carbonyl (C=O) groups is 1. The van der Waals surface area contributed by atoms with E-state index in [2.05, 4.69) is 15.6 Å². The van der Waals surface area contributed by atoms with Gasteiger partial charge in [0, 0.05) is 49.7 Å². The number of benzene rings is 2. The Morgan fingerprint density at radius 1 is 1.13 bits per heavy atom. The van der Waals surface area contributed by atoms with E-state index in [0.29, 0.717) is 21.9 Å². The topological polar surface area (TPSA) is 136 Å². The summed E-state index contributed by atoms with van der Waals surface area (Å²) in [5.41, 5.74) is -2.69. The van der Waals surface area contributed by atoms with Crippen LogP contribution in [0, 0.1) is 11.2 Å². The lowest BCUT2D eigenvalue weighted by atomic mass is 10.1. The number of halogens is 4. The number of aryl methyl sites for hydroxylation is 2. The molecule has 3 heterocycles. The van der Waals surface area contributed by atoms with Crippen molar-refractivity contribution in [1.29, 1.82) is 5.41 Å². The summed E-state index contributed by atoms with van der Waals surface area (Å²) < 4.78 is 65.5. The van der Waals surface area contributed by atoms with Crippen LogP contribution in [0.3, 0.4) is 0 Å². The van der Waals surface area contributed by atoms with Crippen molar-refractivity contribution in [3.05, 3.63) is 134 Å². The first-order valence-corrected chi connectivity index (χ1v) is 13.6. The number of allylic oxidation sites excluding steroid dienone is 3. The van der Waals surface area contributed by atoms with Crippen LogP contribution in [-0.4, -0.2) is 30.8 Å². The van der Waals surface area contributed by atoms with Crippen LogP contribution in [-0.2, 0) is 19.8 Å². The number of alkyl halides is 3. The number of ether oxygens (including phenoxy) is 1. The molecule has 2 aromatic heterocycles. The molecular formula is C31H25F4N7O4. The van der Waals surface area contributed by atoms with E-state index in [9.17, 15) is 31.9 Å². The molecule has 11 nitrogen and oxygen atoms in total. The second-order valence-electron chi connectivity index (χ2n) is 9.92. The van der Waals surface area contributed by atoms with Crippen LogP contribution in [0.2, 0.25) is 0 Å². The summed E-state index contributed by atoms with van der Waals surface area (Å²) in [7, 11) is 1.76. The Bertz CT molecular complexity index is 2050. The summed E-state index contributed by atoms with van der Waals surface area (Å²) >= 11 is 0. The van der Waals surface area contributed by atoms with E-state index in [-0.39, 0.29) is 29.4 Å². The van der Waals surface area contributed by atoms with Crippen LogP contribution >= 0.6 is 0 Å². The molecule has 1 aliphatic rings. The highest BCUT2D eigenvalue weighted by molar-refractivity contribution is 6.04. The zero-order chi connectivity index (χ0) is 33.2. The van der Waals surface area contributed by atoms with Gasteiger partial charge in [-0.1, -0.05) is 0 Å². The van der Waals surface area contributed by atoms with E-state index >= 15 is 0 Å². The Hall–Kier alpha value is -5.99. The van der Waals surface area contributed by atoms with Crippen LogP contribution in [0.15, 0.2) is 101 Å². The number of carbonyl (C=O) groups excluding carboxylic acids is 1. The molecule has 15 heteroatoms. The number of nitrogens with one attached hydrogen (secondary N) is 3. The number of anilines is 1. The normalized spacial score (nSPS) is 13.9. The van der Waals surface area contributed by atoms with Gasteiger partial charge in [-0.25, -0.2) is 18.7 Å². The zero-order valence-corrected chi connectivity index (χ0v) is 24.2. The van der Waals surface area contributed by atoms with Crippen molar-refractivity contribution in [2.75, 3.05) is 5.32 Å². The monoisotopic (exact) mass is 635 g/mol. The minimum Gasteiger partial charge on any atom is -0.455 e. The molecule has 0 saturated carbocycles. The molecule has 4 aromatic rings. The van der Waals surface area contributed by atoms with Crippen molar-refractivity contribution in [3.8, 4) is 11.4 Å². The fourth-order valence-electron chi connectivity index (χ4n) is 4.53. The number of imidazole rings is 1. The van der Waals surface area contributed by atoms with Gasteiger partial charge in [0.1, 0.15) is 22.7 Å². The van der Waals surface area contributed by atoms with Gasteiger partial charge >= 0.3 is 11.9 Å². The Morgan fingerprint density at radius 3 is 2.50 bits per heavy atom. The van der Waals surface area contributed by atoms with E-state index in [0.717, 1.165) is 41.2 Å². The fourth-order valence-corrected chi connectivity index (χ4v) is 4.53. The molecule has 0 saturated heterocycles. The third-order valence-corrected chi connectivity index (χ3v) is 6.77. The predicted octanol–water partition coefficient (Wildman–Crippen LogP) is 4.60. The van der Waals surface area contributed by atoms with Gasteiger partial charge < -0.3 is 25.3 Å². The van der Waals surface area contributed by atoms with Crippen molar-refractivity contribution in [3.63, 3.8) is 0 Å². The minimum absolute atomic E-state index is 0.00176. The number of dihydropyridines is 1. The smallest absolute Gasteiger partial charge is 0.420 e. The summed E-state index contributed by atoms with van der Waals surface area (Å²) in [4.78, 5) is 43.6. The minimum atomic E-state index is -4.94. The maximum Gasteiger partial charge on any atom is 0.420 e. The van der Waals surface area contributed by atoms with Gasteiger partial charge in [-0.05, 0) is 61.5 Å². The highest BCUT2D eigenvalue weighted by atomic mass is 19.4. The van der Waals surface area contributed by atoms with Crippen molar-refractivity contribution >= 4 is 23.4 Å². The van der Waals surface area contributed by atoms with Crippen LogP contribution in [0.5, 0.6) is 5.75 Å². The van der Waals surface area contributed by atoms with Gasteiger partial charge in [0.05, 0.1) is 23.4 Å². The van der Waals surface area contributed by atoms with E-state index in [1.807, 2.05) is 0 Å². The number of rotatable bonds is 8. The second kappa shape index (κ2) is 12.6. The summed E-state index contributed by atoms with van der Waals surface area (Å²) in [6.45, 7) is 1.65. The first-order valence-electron chi connectivity index (χ1n) is 13.6. The molecule has 2 aromatic carbocycles. The molecule has 0 atom stereocenters. The van der Waals surface area contributed by atoms with Gasteiger partial charge in [0.25, 0.3) is 11.5 Å². The molecule has 5 rings (SSSR count). The predicted molar refractivity (Wildman–Crippen MR) is 161 cm³/mol. The Balaban J connectivity index is 1.50. The van der Waals surface area contributed by atoms with Crippen LogP contribution < -0.4 is 26.6 Å². The molecule has 0 fully saturated rings. The lowest BCUT2D eigenvalue weighted by Gasteiger charge is -2.21. The largest absolute Gasteiger partial charge is 0.455 e. The first-order chi connectivity index (χ1) is 21.9. The number of hydrogen-bond donors (Lipinski definition) is 3. The standard InChI is InChI=1S/C31H25F4N7O4/c1-3-41-15-22(29(44)42(30(41)45)21-7-4-19(32)5-8-21)28(43)39-20-6-9-26(23(13-20)31(33,34)35)46-27-12-18(14-37-24(27)10-11-36)25-16-40(2)17-38-25/h4-17,36-37H,3H2,1-2H3,(H,39,43)/b24-10-,36-11?. The van der Waals surface area contributed by atoms with Crippen molar-refractivity contribution in [2.24, 2.45) is 7.05 Å². The Kier molecular flexibility index (Phi) is 8.58. The SMILES string of the molecule is CCn1cc(C(=O)Nc2ccc(OC3=CC(c4cn(C)cn4)=CN/C3=C\C=N)c(C(F)(F)F)c2)c(=O)n(-c2ccc(F)cc2)c1=O. The van der Waals surface area contributed by atoms with Crippen molar-refractivity contribution in [1.82, 2.24) is 24.0 Å². The molecule has 0 spiro atoms. The van der Waals surface area contributed by atoms with Gasteiger partial charge in [-0.15, -0.1) is 0 Å². The molecule has 46 heavy (non-hydrogen) atoms. The van der Waals surface area contributed by atoms with Crippen LogP contribution in [0.1, 0.15) is 28.5 Å². The molecular weight excluding hydrogens is 610 g/mol. The average molecular weight is 636 g/mol.